The monoisotopic (exact) mass is 507 g/mol. The predicted molar refractivity (Wildman–Crippen MR) is 134 cm³/mol. The number of fused-ring (bicyclic) bond motifs is 3. The average Bonchev–Trinajstić information content (AvgIpc) is 2.76. The molecule has 0 bridgehead atoms. The van der Waals surface area contributed by atoms with Crippen LogP contribution in [0, 0.1) is 41.4 Å². The van der Waals surface area contributed by atoms with Crippen molar-refractivity contribution in [1.82, 2.24) is 0 Å². The van der Waals surface area contributed by atoms with E-state index in [2.05, 4.69) is 11.8 Å². The highest BCUT2D eigenvalue weighted by molar-refractivity contribution is 6.31. The summed E-state index contributed by atoms with van der Waals surface area (Å²) in [5.74, 6) is -3.46. The molecule has 2 saturated carbocycles. The topological polar surface area (TPSA) is 152 Å². The quantitative estimate of drug-likeness (QED) is 0.409. The molecule has 5 atom stereocenters. The van der Waals surface area contributed by atoms with E-state index in [0.717, 1.165) is 0 Å². The van der Waals surface area contributed by atoms with Crippen molar-refractivity contribution in [3.05, 3.63) is 28.3 Å². The highest BCUT2D eigenvalue weighted by Crippen LogP contribution is 2.51. The summed E-state index contributed by atoms with van der Waals surface area (Å²) in [6, 6.07) is 1.79. The molecule has 1 amide bonds. The molecular weight excluding hydrogens is 474 g/mol. The molecule has 3 aliphatic rings. The Labute approximate surface area is 216 Å². The van der Waals surface area contributed by atoms with Crippen LogP contribution < -0.4 is 5.73 Å². The Balaban J connectivity index is 1.87. The van der Waals surface area contributed by atoms with Crippen molar-refractivity contribution < 1.29 is 34.2 Å². The number of phenolic OH excluding ortho intramolecular Hbond substituents is 1. The maximum atomic E-state index is 13.9. The molecule has 8 nitrogen and oxygen atoms in total. The second-order valence-electron chi connectivity index (χ2n) is 12.1. The molecule has 2 fully saturated rings. The van der Waals surface area contributed by atoms with Gasteiger partial charge in [0.05, 0.1) is 11.5 Å². The van der Waals surface area contributed by atoms with Crippen molar-refractivity contribution in [3.8, 4) is 17.6 Å². The van der Waals surface area contributed by atoms with Crippen molar-refractivity contribution >= 4 is 29.0 Å². The summed E-state index contributed by atoms with van der Waals surface area (Å²) in [5.41, 5.74) is 3.66. The molecule has 0 radical (unpaired) electrons. The normalized spacial score (nSPS) is 29.3. The zero-order valence-electron chi connectivity index (χ0n) is 21.8. The first-order chi connectivity index (χ1) is 17.1. The van der Waals surface area contributed by atoms with E-state index in [9.17, 15) is 34.2 Å². The van der Waals surface area contributed by atoms with Gasteiger partial charge in [-0.2, -0.15) is 0 Å². The van der Waals surface area contributed by atoms with E-state index < -0.39 is 63.7 Å². The van der Waals surface area contributed by atoms with Crippen LogP contribution in [-0.2, 0) is 31.0 Å². The van der Waals surface area contributed by atoms with E-state index in [4.69, 9.17) is 5.73 Å². The molecule has 1 aromatic carbocycles. The minimum atomic E-state index is -2.65. The van der Waals surface area contributed by atoms with Crippen LogP contribution in [0.1, 0.15) is 80.9 Å². The van der Waals surface area contributed by atoms with Gasteiger partial charge in [-0.25, -0.2) is 0 Å². The van der Waals surface area contributed by atoms with E-state index in [-0.39, 0.29) is 30.6 Å². The van der Waals surface area contributed by atoms with Crippen LogP contribution >= 0.6 is 0 Å². The third kappa shape index (κ3) is 4.10. The summed E-state index contributed by atoms with van der Waals surface area (Å²) < 4.78 is 0. The fraction of sp³-hybridized carbons (Fsp3) is 0.552. The van der Waals surface area contributed by atoms with E-state index in [0.29, 0.717) is 29.0 Å². The minimum absolute atomic E-state index is 0.0105. The first kappa shape index (κ1) is 26.7. The van der Waals surface area contributed by atoms with E-state index in [1.54, 1.807) is 6.07 Å². The third-order valence-corrected chi connectivity index (χ3v) is 7.94. The Morgan fingerprint density at radius 3 is 2.38 bits per heavy atom. The Hall–Kier alpha value is -3.31. The number of carbonyl (C=O) groups excluding carboxylic acids is 5. The standard InChI is InChI=1S/C29H33NO7/c1-13(2)7-6-8-14-11-18(28(3,4)5)23(32)21-17(14)10-15-9-16-12-19(31)22(27(30)36)26(35)29(16,37)25(34)20(15)24(21)33/h11,13,15-16,20,22,32,37H,7,9-10,12H2,1-5H3,(H2,30,36)/t15-,16+,20?,22?,29+/m1/s1. The lowest BCUT2D eigenvalue weighted by Crippen LogP contribution is -2.68. The molecule has 37 heavy (non-hydrogen) atoms. The summed E-state index contributed by atoms with van der Waals surface area (Å²) in [7, 11) is 0. The number of Topliss-reactive ketones (excluding diaryl/α,β-unsaturated/α-hetero) is 4. The molecule has 4 rings (SSSR count). The van der Waals surface area contributed by atoms with E-state index in [1.807, 2.05) is 34.6 Å². The van der Waals surface area contributed by atoms with Gasteiger partial charge < -0.3 is 15.9 Å². The first-order valence-electron chi connectivity index (χ1n) is 12.7. The zero-order valence-corrected chi connectivity index (χ0v) is 21.8. The smallest absolute Gasteiger partial charge is 0.235 e. The number of ketones is 4. The molecule has 0 aromatic heterocycles. The van der Waals surface area contributed by atoms with Gasteiger partial charge in [0.15, 0.2) is 34.7 Å². The number of amides is 1. The molecule has 1 aromatic rings. The molecule has 0 heterocycles. The highest BCUT2D eigenvalue weighted by atomic mass is 16.3. The van der Waals surface area contributed by atoms with Crippen LogP contribution in [0.15, 0.2) is 6.07 Å². The number of aliphatic hydroxyl groups is 1. The molecule has 0 aliphatic heterocycles. The van der Waals surface area contributed by atoms with Gasteiger partial charge >= 0.3 is 0 Å². The second-order valence-corrected chi connectivity index (χ2v) is 12.1. The van der Waals surface area contributed by atoms with Crippen molar-refractivity contribution in [2.24, 2.45) is 35.3 Å². The number of primary amides is 1. The van der Waals surface area contributed by atoms with Gasteiger partial charge in [0.1, 0.15) is 5.75 Å². The number of phenols is 1. The van der Waals surface area contributed by atoms with E-state index in [1.165, 1.54) is 0 Å². The zero-order chi connectivity index (χ0) is 27.6. The third-order valence-electron chi connectivity index (χ3n) is 7.94. The number of benzene rings is 1. The predicted octanol–water partition coefficient (Wildman–Crippen LogP) is 2.02. The molecule has 4 N–H and O–H groups in total. The largest absolute Gasteiger partial charge is 0.507 e. The summed E-state index contributed by atoms with van der Waals surface area (Å²) in [4.78, 5) is 65.0. The number of nitrogens with two attached hydrogens (primary N) is 1. The average molecular weight is 508 g/mol. The van der Waals surface area contributed by atoms with Gasteiger partial charge in [0.2, 0.25) is 5.91 Å². The molecule has 0 saturated heterocycles. The maximum absolute atomic E-state index is 13.9. The van der Waals surface area contributed by atoms with Crippen LogP contribution in [0.25, 0.3) is 0 Å². The number of rotatable bonds is 2. The van der Waals surface area contributed by atoms with Gasteiger partial charge in [-0.1, -0.05) is 46.5 Å². The lowest BCUT2D eigenvalue weighted by molar-refractivity contribution is -0.175. The number of hydrogen-bond donors (Lipinski definition) is 3. The van der Waals surface area contributed by atoms with Gasteiger partial charge in [0.25, 0.3) is 0 Å². The lowest BCUT2D eigenvalue weighted by atomic mass is 9.53. The highest BCUT2D eigenvalue weighted by Gasteiger charge is 2.66. The molecule has 3 aliphatic carbocycles. The van der Waals surface area contributed by atoms with Crippen LogP contribution in [0.3, 0.4) is 0 Å². The molecule has 2 unspecified atom stereocenters. The van der Waals surface area contributed by atoms with Crippen molar-refractivity contribution in [2.45, 2.75) is 71.3 Å². The minimum Gasteiger partial charge on any atom is -0.507 e. The first-order valence-corrected chi connectivity index (χ1v) is 12.7. The van der Waals surface area contributed by atoms with Crippen molar-refractivity contribution in [1.29, 1.82) is 0 Å². The molecule has 8 heteroatoms. The number of carbonyl (C=O) groups is 5. The molecular formula is C29H33NO7. The van der Waals surface area contributed by atoms with Gasteiger partial charge in [-0.3, -0.25) is 24.0 Å². The van der Waals surface area contributed by atoms with Crippen LogP contribution in [-0.4, -0.2) is 44.9 Å². The van der Waals surface area contributed by atoms with Crippen LogP contribution in [0.2, 0.25) is 0 Å². The van der Waals surface area contributed by atoms with Gasteiger partial charge in [-0.15, -0.1) is 0 Å². The molecule has 0 spiro atoms. The Kier molecular flexibility index (Phi) is 6.44. The summed E-state index contributed by atoms with van der Waals surface area (Å²) in [5, 5.41) is 22.6. The van der Waals surface area contributed by atoms with Crippen molar-refractivity contribution in [3.63, 3.8) is 0 Å². The summed E-state index contributed by atoms with van der Waals surface area (Å²) in [6.45, 7) is 9.74. The Morgan fingerprint density at radius 2 is 1.81 bits per heavy atom. The van der Waals surface area contributed by atoms with Gasteiger partial charge in [-0.05, 0) is 41.7 Å². The maximum Gasteiger partial charge on any atom is 0.235 e. The fourth-order valence-electron chi connectivity index (χ4n) is 6.07. The Bertz CT molecular complexity index is 1310. The summed E-state index contributed by atoms with van der Waals surface area (Å²) >= 11 is 0. The second kappa shape index (κ2) is 8.91. The van der Waals surface area contributed by atoms with Crippen molar-refractivity contribution in [2.75, 3.05) is 0 Å². The summed E-state index contributed by atoms with van der Waals surface area (Å²) in [6.07, 6.45) is 0.553. The van der Waals surface area contributed by atoms with E-state index >= 15 is 0 Å². The molecule has 196 valence electrons. The lowest BCUT2D eigenvalue weighted by Gasteiger charge is -2.48. The number of hydrogen-bond acceptors (Lipinski definition) is 7. The fourth-order valence-corrected chi connectivity index (χ4v) is 6.07. The Morgan fingerprint density at radius 1 is 1.16 bits per heavy atom. The van der Waals surface area contributed by atoms with Gasteiger partial charge in [0, 0.05) is 29.9 Å². The van der Waals surface area contributed by atoms with Crippen LogP contribution in [0.4, 0.5) is 0 Å². The number of aromatic hydroxyl groups is 1. The van der Waals surface area contributed by atoms with Crippen LogP contribution in [0.5, 0.6) is 5.75 Å². The SMILES string of the molecule is CC(C)CC#Cc1cc(C(C)(C)C)c(O)c2c1C[C@H]1C[C@H]3CC(=O)C(C(N)=O)C(=O)[C@@]3(O)C(=O)C1C2=O.